The summed E-state index contributed by atoms with van der Waals surface area (Å²) in [5, 5.41) is 0. The number of rotatable bonds is 0. The second-order valence-electron chi connectivity index (χ2n) is 11.3. The van der Waals surface area contributed by atoms with Gasteiger partial charge in [0.1, 0.15) is 12.2 Å². The molecule has 158 valence electrons. The van der Waals surface area contributed by atoms with E-state index in [1.54, 1.807) is 0 Å². The minimum Gasteiger partial charge on any atom is -0.463 e. The van der Waals surface area contributed by atoms with Gasteiger partial charge in [-0.3, -0.25) is 4.79 Å². The van der Waals surface area contributed by atoms with Crippen LogP contribution in [0.15, 0.2) is 0 Å². The Hall–Kier alpha value is -0.650. The zero-order valence-electron chi connectivity index (χ0n) is 18.1. The third-order valence-electron chi connectivity index (χ3n) is 9.35. The Morgan fingerprint density at radius 2 is 1.75 bits per heavy atom. The molecule has 3 heterocycles. The average Bonchev–Trinajstić information content (AvgIpc) is 3.18. The van der Waals surface area contributed by atoms with Gasteiger partial charge < -0.3 is 18.9 Å². The van der Waals surface area contributed by atoms with E-state index in [0.29, 0.717) is 24.9 Å². The molecule has 5 heteroatoms. The molecule has 0 radical (unpaired) electrons. The van der Waals surface area contributed by atoms with Crippen molar-refractivity contribution >= 4 is 5.97 Å². The Labute approximate surface area is 168 Å². The molecule has 0 bridgehead atoms. The van der Waals surface area contributed by atoms with Crippen LogP contribution in [-0.4, -0.2) is 42.3 Å². The first-order valence-corrected chi connectivity index (χ1v) is 11.2. The predicted octanol–water partition coefficient (Wildman–Crippen LogP) is 4.23. The SMILES string of the molecule is CC1CCC2C3(C)COC(C)(C)OC3CCC2(C)C12CCC1(COC(=O)C1)O2. The number of cyclic esters (lactones) is 1. The topological polar surface area (TPSA) is 54.0 Å². The predicted molar refractivity (Wildman–Crippen MR) is 104 cm³/mol. The van der Waals surface area contributed by atoms with Gasteiger partial charge in [-0.25, -0.2) is 0 Å². The second kappa shape index (κ2) is 5.73. The lowest BCUT2D eigenvalue weighted by atomic mass is 9.43. The molecule has 0 N–H and O–H groups in total. The molecule has 28 heavy (non-hydrogen) atoms. The number of fused-ring (bicyclic) bond motifs is 4. The molecular weight excluding hydrogens is 356 g/mol. The molecule has 0 aromatic rings. The fourth-order valence-electron chi connectivity index (χ4n) is 7.80. The lowest BCUT2D eigenvalue weighted by molar-refractivity contribution is -0.358. The number of ether oxygens (including phenoxy) is 4. The van der Waals surface area contributed by atoms with E-state index in [4.69, 9.17) is 18.9 Å². The first-order chi connectivity index (χ1) is 13.0. The molecule has 5 rings (SSSR count). The largest absolute Gasteiger partial charge is 0.463 e. The van der Waals surface area contributed by atoms with Crippen molar-refractivity contribution in [2.75, 3.05) is 13.2 Å². The lowest BCUT2D eigenvalue weighted by Crippen LogP contribution is -2.68. The highest BCUT2D eigenvalue weighted by Gasteiger charge is 2.70. The van der Waals surface area contributed by atoms with Crippen LogP contribution in [0.1, 0.15) is 79.6 Å². The van der Waals surface area contributed by atoms with Crippen LogP contribution in [0.2, 0.25) is 0 Å². The molecule has 0 aromatic heterocycles. The van der Waals surface area contributed by atoms with E-state index in [0.717, 1.165) is 38.7 Å². The van der Waals surface area contributed by atoms with Gasteiger partial charge in [-0.05, 0) is 64.2 Å². The minimum atomic E-state index is -0.493. The molecule has 0 amide bonds. The van der Waals surface area contributed by atoms with Gasteiger partial charge in [-0.2, -0.15) is 0 Å². The lowest BCUT2D eigenvalue weighted by Gasteiger charge is -2.67. The van der Waals surface area contributed by atoms with Crippen molar-refractivity contribution in [1.82, 2.24) is 0 Å². The Bertz CT molecular complexity index is 690. The van der Waals surface area contributed by atoms with Crippen LogP contribution in [-0.2, 0) is 23.7 Å². The van der Waals surface area contributed by atoms with Crippen LogP contribution >= 0.6 is 0 Å². The average molecular weight is 393 g/mol. The summed E-state index contributed by atoms with van der Waals surface area (Å²) >= 11 is 0. The van der Waals surface area contributed by atoms with Gasteiger partial charge in [0.05, 0.1) is 24.7 Å². The monoisotopic (exact) mass is 392 g/mol. The van der Waals surface area contributed by atoms with Crippen molar-refractivity contribution < 1.29 is 23.7 Å². The molecule has 5 nitrogen and oxygen atoms in total. The summed E-state index contributed by atoms with van der Waals surface area (Å²) in [6.07, 6.45) is 7.16. The highest BCUT2D eigenvalue weighted by atomic mass is 16.7. The molecule has 7 atom stereocenters. The zero-order valence-corrected chi connectivity index (χ0v) is 18.1. The van der Waals surface area contributed by atoms with Gasteiger partial charge in [-0.1, -0.05) is 20.8 Å². The third-order valence-corrected chi connectivity index (χ3v) is 9.35. The highest BCUT2D eigenvalue weighted by Crippen LogP contribution is 2.69. The Kier molecular flexibility index (Phi) is 3.96. The molecule has 5 fully saturated rings. The minimum absolute atomic E-state index is 0.0107. The summed E-state index contributed by atoms with van der Waals surface area (Å²) in [4.78, 5) is 11.9. The van der Waals surface area contributed by atoms with E-state index in [9.17, 15) is 4.79 Å². The number of carbonyl (C=O) groups is 1. The van der Waals surface area contributed by atoms with Gasteiger partial charge in [0.25, 0.3) is 0 Å². The van der Waals surface area contributed by atoms with E-state index in [2.05, 4.69) is 20.8 Å². The molecule has 3 saturated heterocycles. The van der Waals surface area contributed by atoms with Gasteiger partial charge in [0.2, 0.25) is 0 Å². The van der Waals surface area contributed by atoms with E-state index in [-0.39, 0.29) is 28.5 Å². The molecule has 2 saturated carbocycles. The molecule has 2 aliphatic carbocycles. The van der Waals surface area contributed by atoms with Crippen LogP contribution in [0, 0.1) is 22.7 Å². The Balaban J connectivity index is 1.51. The van der Waals surface area contributed by atoms with E-state index < -0.39 is 11.4 Å². The van der Waals surface area contributed by atoms with Gasteiger partial charge in [-0.15, -0.1) is 0 Å². The van der Waals surface area contributed by atoms with Crippen molar-refractivity contribution in [1.29, 1.82) is 0 Å². The van der Waals surface area contributed by atoms with E-state index in [1.807, 2.05) is 13.8 Å². The summed E-state index contributed by atoms with van der Waals surface area (Å²) in [5.74, 6) is 0.395. The van der Waals surface area contributed by atoms with E-state index >= 15 is 0 Å². The van der Waals surface area contributed by atoms with Crippen molar-refractivity contribution in [3.05, 3.63) is 0 Å². The van der Waals surface area contributed by atoms with Crippen molar-refractivity contribution in [2.45, 2.75) is 103 Å². The van der Waals surface area contributed by atoms with Gasteiger partial charge >= 0.3 is 5.97 Å². The Morgan fingerprint density at radius 1 is 0.964 bits per heavy atom. The Morgan fingerprint density at radius 3 is 2.46 bits per heavy atom. The van der Waals surface area contributed by atoms with Crippen LogP contribution < -0.4 is 0 Å². The first-order valence-electron chi connectivity index (χ1n) is 11.2. The number of carbonyl (C=O) groups excluding carboxylic acids is 1. The molecule has 2 spiro atoms. The smallest absolute Gasteiger partial charge is 0.308 e. The standard InChI is InChI=1S/C23H36O5/c1-15-6-7-16-20(4)13-26-19(2,3)27-17(20)8-9-21(16,5)23(15)11-10-22(28-23)12-18(24)25-14-22/h15-17H,6-14H2,1-5H3. The van der Waals surface area contributed by atoms with Gasteiger partial charge in [0.15, 0.2) is 5.79 Å². The van der Waals surface area contributed by atoms with Crippen molar-refractivity contribution in [2.24, 2.45) is 22.7 Å². The highest BCUT2D eigenvalue weighted by molar-refractivity contribution is 5.73. The summed E-state index contributed by atoms with van der Waals surface area (Å²) in [5.41, 5.74) is -0.490. The molecule has 3 aliphatic heterocycles. The summed E-state index contributed by atoms with van der Waals surface area (Å²) < 4.78 is 25.0. The summed E-state index contributed by atoms with van der Waals surface area (Å²) in [6.45, 7) is 12.5. The quantitative estimate of drug-likeness (QED) is 0.578. The molecule has 0 aromatic carbocycles. The molecule has 7 unspecified atom stereocenters. The first kappa shape index (κ1) is 19.3. The van der Waals surface area contributed by atoms with Crippen LogP contribution in [0.5, 0.6) is 0 Å². The fraction of sp³-hybridized carbons (Fsp3) is 0.957. The second-order valence-corrected chi connectivity index (χ2v) is 11.3. The fourth-order valence-corrected chi connectivity index (χ4v) is 7.80. The molecular formula is C23H36O5. The molecule has 5 aliphatic rings. The van der Waals surface area contributed by atoms with Crippen molar-refractivity contribution in [3.8, 4) is 0 Å². The maximum Gasteiger partial charge on any atom is 0.308 e. The van der Waals surface area contributed by atoms with E-state index in [1.165, 1.54) is 6.42 Å². The normalized spacial score (nSPS) is 55.2. The number of hydrogen-bond acceptors (Lipinski definition) is 5. The maximum atomic E-state index is 11.9. The number of esters is 1. The van der Waals surface area contributed by atoms with Crippen LogP contribution in [0.3, 0.4) is 0 Å². The van der Waals surface area contributed by atoms with Crippen LogP contribution in [0.4, 0.5) is 0 Å². The third kappa shape index (κ3) is 2.39. The van der Waals surface area contributed by atoms with Crippen molar-refractivity contribution in [3.63, 3.8) is 0 Å². The summed E-state index contributed by atoms with van der Waals surface area (Å²) in [6, 6.07) is 0. The van der Waals surface area contributed by atoms with Gasteiger partial charge in [0, 0.05) is 10.8 Å². The number of hydrogen-bond donors (Lipinski definition) is 0. The maximum absolute atomic E-state index is 11.9. The summed E-state index contributed by atoms with van der Waals surface area (Å²) in [7, 11) is 0. The zero-order chi connectivity index (χ0) is 20.0. The van der Waals surface area contributed by atoms with Crippen LogP contribution in [0.25, 0.3) is 0 Å².